The number of nitrogens with one attached hydrogen (secondary N) is 4. The first-order valence-electron chi connectivity index (χ1n) is 13.4. The third kappa shape index (κ3) is 4.28. The lowest BCUT2D eigenvalue weighted by Crippen LogP contribution is -2.20. The van der Waals surface area contributed by atoms with E-state index in [9.17, 15) is 0 Å². The first-order chi connectivity index (χ1) is 18.7. The molecule has 0 saturated heterocycles. The molecule has 0 radical (unpaired) electrons. The van der Waals surface area contributed by atoms with Crippen molar-refractivity contribution in [2.75, 3.05) is 17.2 Å². The van der Waals surface area contributed by atoms with Crippen molar-refractivity contribution in [3.8, 4) is 16.8 Å². The zero-order valence-corrected chi connectivity index (χ0v) is 21.4. The summed E-state index contributed by atoms with van der Waals surface area (Å²) in [6.07, 6.45) is 16.7. The molecule has 7 rings (SSSR count). The number of imidazole rings is 1. The highest BCUT2D eigenvalue weighted by molar-refractivity contribution is 5.89. The van der Waals surface area contributed by atoms with Gasteiger partial charge in [0.15, 0.2) is 0 Å². The molecule has 38 heavy (non-hydrogen) atoms. The topological polar surface area (TPSA) is 108 Å². The normalized spacial score (nSPS) is 17.0. The Morgan fingerprint density at radius 3 is 2.76 bits per heavy atom. The third-order valence-corrected chi connectivity index (χ3v) is 7.74. The van der Waals surface area contributed by atoms with Crippen LogP contribution in [0.3, 0.4) is 0 Å². The number of hydrogen-bond acceptors (Lipinski definition) is 7. The highest BCUT2D eigenvalue weighted by Gasteiger charge is 2.28. The molecule has 9 nitrogen and oxygen atoms in total. The van der Waals surface area contributed by atoms with E-state index in [1.807, 2.05) is 48.8 Å². The highest BCUT2D eigenvalue weighted by atomic mass is 15.3. The van der Waals surface area contributed by atoms with Gasteiger partial charge in [-0.2, -0.15) is 5.10 Å². The molecule has 1 aromatic carbocycles. The van der Waals surface area contributed by atoms with Crippen LogP contribution in [0, 0.1) is 12.8 Å². The van der Waals surface area contributed by atoms with E-state index in [1.165, 1.54) is 31.2 Å². The van der Waals surface area contributed by atoms with Crippen molar-refractivity contribution >= 4 is 22.3 Å². The lowest BCUT2D eigenvalue weighted by molar-refractivity contribution is 0.489. The van der Waals surface area contributed by atoms with Crippen LogP contribution in [0.2, 0.25) is 0 Å². The summed E-state index contributed by atoms with van der Waals surface area (Å²) in [5.74, 6) is 0.827. The number of aryl methyl sites for hydroxylation is 1. The van der Waals surface area contributed by atoms with Gasteiger partial charge in [-0.1, -0.05) is 18.9 Å². The molecule has 0 bridgehead atoms. The molecular formula is C29H31N9. The van der Waals surface area contributed by atoms with Gasteiger partial charge in [0.05, 0.1) is 47.0 Å². The maximum atomic E-state index is 4.68. The maximum absolute atomic E-state index is 4.68. The lowest BCUT2D eigenvalue weighted by Gasteiger charge is -2.12. The number of H-pyrrole nitrogens is 1. The molecule has 1 fully saturated rings. The molecule has 0 spiro atoms. The van der Waals surface area contributed by atoms with Gasteiger partial charge >= 0.3 is 0 Å². The number of benzene rings is 1. The average molecular weight is 506 g/mol. The number of fused-ring (bicyclic) bond motifs is 2. The summed E-state index contributed by atoms with van der Waals surface area (Å²) in [7, 11) is 0. The Hall–Kier alpha value is -4.24. The second-order valence-corrected chi connectivity index (χ2v) is 10.5. The standard InChI is InChI=1S/C29H31N9/c1-18-16-38(17-33-18)26-15-32-14-25-28(26)35-29(34-25)27-23-9-21(6-7-24(23)36-37-27)22-8-20(12-31-13-22)11-30-10-19-4-2-3-5-19/h6-9,12-17,19,29-30,34-35H,2-5,10-11H2,1H3,(H,36,37). The fourth-order valence-corrected chi connectivity index (χ4v) is 5.74. The van der Waals surface area contributed by atoms with Gasteiger partial charge in [-0.25, -0.2) is 4.98 Å². The van der Waals surface area contributed by atoms with Gasteiger partial charge in [0.1, 0.15) is 11.9 Å². The molecule has 5 heterocycles. The molecular weight excluding hydrogens is 474 g/mol. The van der Waals surface area contributed by atoms with Crippen LogP contribution >= 0.6 is 0 Å². The van der Waals surface area contributed by atoms with Crippen LogP contribution in [-0.4, -0.2) is 36.3 Å². The summed E-state index contributed by atoms with van der Waals surface area (Å²) >= 11 is 0. The smallest absolute Gasteiger partial charge is 0.143 e. The summed E-state index contributed by atoms with van der Waals surface area (Å²) < 4.78 is 1.99. The fourth-order valence-electron chi connectivity index (χ4n) is 5.74. The van der Waals surface area contributed by atoms with Gasteiger partial charge in [-0.3, -0.25) is 15.1 Å². The van der Waals surface area contributed by atoms with E-state index >= 15 is 0 Å². The van der Waals surface area contributed by atoms with Crippen LogP contribution in [-0.2, 0) is 6.54 Å². The van der Waals surface area contributed by atoms with E-state index in [0.717, 1.165) is 69.5 Å². The van der Waals surface area contributed by atoms with Crippen LogP contribution in [0.1, 0.15) is 48.8 Å². The Balaban J connectivity index is 1.14. The van der Waals surface area contributed by atoms with E-state index < -0.39 is 0 Å². The minimum atomic E-state index is -0.189. The lowest BCUT2D eigenvalue weighted by atomic mass is 10.0. The molecule has 2 aliphatic rings. The van der Waals surface area contributed by atoms with E-state index in [1.54, 1.807) is 0 Å². The Morgan fingerprint density at radius 1 is 1.00 bits per heavy atom. The number of anilines is 2. The fraction of sp³-hybridized carbons (Fsp3) is 0.310. The van der Waals surface area contributed by atoms with Crippen molar-refractivity contribution in [2.24, 2.45) is 5.92 Å². The molecule has 4 N–H and O–H groups in total. The Bertz CT molecular complexity index is 1590. The number of nitrogens with zero attached hydrogens (tertiary/aromatic N) is 5. The Morgan fingerprint density at radius 2 is 1.89 bits per heavy atom. The largest absolute Gasteiger partial charge is 0.357 e. The molecule has 1 atom stereocenters. The van der Waals surface area contributed by atoms with Gasteiger partial charge in [0, 0.05) is 36.1 Å². The predicted octanol–water partition coefficient (Wildman–Crippen LogP) is 5.33. The van der Waals surface area contributed by atoms with E-state index in [4.69, 9.17) is 0 Å². The van der Waals surface area contributed by atoms with Crippen molar-refractivity contribution in [1.82, 2.24) is 35.0 Å². The first-order valence-corrected chi connectivity index (χ1v) is 13.4. The quantitative estimate of drug-likeness (QED) is 0.237. The van der Waals surface area contributed by atoms with Crippen molar-refractivity contribution in [1.29, 1.82) is 0 Å². The first kappa shape index (κ1) is 22.9. The zero-order chi connectivity index (χ0) is 25.5. The van der Waals surface area contributed by atoms with Crippen LogP contribution < -0.4 is 16.0 Å². The second kappa shape index (κ2) is 9.57. The van der Waals surface area contributed by atoms with Crippen LogP contribution in [0.25, 0.3) is 27.7 Å². The van der Waals surface area contributed by atoms with Crippen molar-refractivity contribution < 1.29 is 0 Å². The molecule has 1 aliphatic heterocycles. The molecule has 192 valence electrons. The summed E-state index contributed by atoms with van der Waals surface area (Å²) in [6.45, 7) is 3.92. The van der Waals surface area contributed by atoms with E-state index in [0.29, 0.717) is 0 Å². The molecule has 5 aromatic rings. The van der Waals surface area contributed by atoms with Crippen LogP contribution in [0.15, 0.2) is 61.6 Å². The van der Waals surface area contributed by atoms with E-state index in [-0.39, 0.29) is 6.17 Å². The SMILES string of the molecule is Cc1cn(-c2cncc3c2NC(c2n[nH]c4ccc(-c5cncc(CNCC6CCCC6)c5)cc24)N3)cn1. The zero-order valence-electron chi connectivity index (χ0n) is 21.4. The third-order valence-electron chi connectivity index (χ3n) is 7.74. The molecule has 9 heteroatoms. The average Bonchev–Trinajstić information content (AvgIpc) is 3.74. The minimum Gasteiger partial charge on any atom is -0.357 e. The number of aromatic nitrogens is 6. The van der Waals surface area contributed by atoms with Crippen molar-refractivity contribution in [2.45, 2.75) is 45.3 Å². The minimum absolute atomic E-state index is 0.189. The van der Waals surface area contributed by atoms with Crippen LogP contribution in [0.4, 0.5) is 11.4 Å². The predicted molar refractivity (Wildman–Crippen MR) is 149 cm³/mol. The van der Waals surface area contributed by atoms with Gasteiger partial charge in [-0.05, 0) is 61.6 Å². The van der Waals surface area contributed by atoms with Crippen LogP contribution in [0.5, 0.6) is 0 Å². The molecule has 1 saturated carbocycles. The van der Waals surface area contributed by atoms with Crippen molar-refractivity contribution in [3.63, 3.8) is 0 Å². The number of aromatic amines is 1. The Kier molecular flexibility index (Phi) is 5.77. The molecule has 0 amide bonds. The second-order valence-electron chi connectivity index (χ2n) is 10.5. The van der Waals surface area contributed by atoms with Gasteiger partial charge in [-0.15, -0.1) is 0 Å². The molecule has 1 unspecified atom stereocenters. The Labute approximate surface area is 221 Å². The monoisotopic (exact) mass is 505 g/mol. The number of rotatable bonds is 7. The molecule has 4 aromatic heterocycles. The molecule has 1 aliphatic carbocycles. The number of pyridine rings is 2. The van der Waals surface area contributed by atoms with Crippen molar-refractivity contribution in [3.05, 3.63) is 78.5 Å². The van der Waals surface area contributed by atoms with Gasteiger partial charge in [0.25, 0.3) is 0 Å². The maximum Gasteiger partial charge on any atom is 0.143 e. The van der Waals surface area contributed by atoms with E-state index in [2.05, 4.69) is 65.4 Å². The summed E-state index contributed by atoms with van der Waals surface area (Å²) in [4.78, 5) is 13.3. The summed E-state index contributed by atoms with van der Waals surface area (Å²) in [6, 6.07) is 8.66. The highest BCUT2D eigenvalue weighted by Crippen LogP contribution is 2.40. The van der Waals surface area contributed by atoms with Gasteiger partial charge in [0.2, 0.25) is 0 Å². The summed E-state index contributed by atoms with van der Waals surface area (Å²) in [5, 5.41) is 19.8. The van der Waals surface area contributed by atoms with Gasteiger partial charge < -0.3 is 20.5 Å². The number of hydrogen-bond donors (Lipinski definition) is 4. The summed E-state index contributed by atoms with van der Waals surface area (Å²) in [5.41, 5.74) is 9.17.